The smallest absolute Gasteiger partial charge is 0.328 e. The largest absolute Gasteiger partial charge is 0.496 e. The Morgan fingerprint density at radius 1 is 1.21 bits per heavy atom. The molecule has 1 heterocycles. The highest BCUT2D eigenvalue weighted by molar-refractivity contribution is 6.30. The van der Waals surface area contributed by atoms with Crippen LogP contribution in [0.5, 0.6) is 5.75 Å². The van der Waals surface area contributed by atoms with Crippen molar-refractivity contribution in [1.82, 2.24) is 14.5 Å². The molecule has 0 aliphatic rings. The Balaban J connectivity index is 1.94. The fraction of sp³-hybridized carbons (Fsp3) is 0.250. The Morgan fingerprint density at radius 3 is 2.64 bits per heavy atom. The van der Waals surface area contributed by atoms with Gasteiger partial charge in [-0.1, -0.05) is 11.6 Å². The highest BCUT2D eigenvalue weighted by Crippen LogP contribution is 2.24. The Hall–Kier alpha value is -3.06. The number of methoxy groups -OCH3 is 1. The van der Waals surface area contributed by atoms with Crippen LogP contribution in [0.3, 0.4) is 0 Å². The molecule has 0 saturated carbocycles. The number of benzene rings is 2. The van der Waals surface area contributed by atoms with Crippen molar-refractivity contribution in [2.45, 2.75) is 20.0 Å². The molecule has 146 valence electrons. The van der Waals surface area contributed by atoms with Crippen LogP contribution < -0.4 is 16.0 Å². The number of ether oxygens (including phenoxy) is 1. The van der Waals surface area contributed by atoms with Gasteiger partial charge in [0, 0.05) is 36.3 Å². The minimum Gasteiger partial charge on any atom is -0.496 e. The highest BCUT2D eigenvalue weighted by atomic mass is 35.5. The number of nitrogens with zero attached hydrogens (tertiary/aromatic N) is 2. The Kier molecular flexibility index (Phi) is 5.56. The van der Waals surface area contributed by atoms with Crippen molar-refractivity contribution >= 4 is 28.4 Å². The van der Waals surface area contributed by atoms with Gasteiger partial charge in [-0.05, 0) is 43.3 Å². The van der Waals surface area contributed by atoms with Crippen molar-refractivity contribution < 1.29 is 9.53 Å². The summed E-state index contributed by atoms with van der Waals surface area (Å²) >= 11 is 6.05. The van der Waals surface area contributed by atoms with Gasteiger partial charge in [0.15, 0.2) is 0 Å². The molecule has 0 atom stereocenters. The van der Waals surface area contributed by atoms with Gasteiger partial charge in [0.2, 0.25) is 0 Å². The first-order chi connectivity index (χ1) is 13.3. The lowest BCUT2D eigenvalue weighted by Crippen LogP contribution is -2.34. The first kappa shape index (κ1) is 19.7. The van der Waals surface area contributed by atoms with E-state index in [9.17, 15) is 14.4 Å². The van der Waals surface area contributed by atoms with Crippen molar-refractivity contribution in [1.29, 1.82) is 0 Å². The zero-order valence-corrected chi connectivity index (χ0v) is 16.5. The first-order valence-electron chi connectivity index (χ1n) is 8.70. The maximum absolute atomic E-state index is 12.8. The lowest BCUT2D eigenvalue weighted by Gasteiger charge is -2.19. The monoisotopic (exact) mass is 401 g/mol. The van der Waals surface area contributed by atoms with Gasteiger partial charge >= 0.3 is 5.69 Å². The summed E-state index contributed by atoms with van der Waals surface area (Å²) < 4.78 is 6.43. The molecule has 28 heavy (non-hydrogen) atoms. The molecule has 0 spiro atoms. The lowest BCUT2D eigenvalue weighted by atomic mass is 10.1. The van der Waals surface area contributed by atoms with Crippen LogP contribution in [-0.4, -0.2) is 34.5 Å². The second-order valence-corrected chi connectivity index (χ2v) is 6.79. The van der Waals surface area contributed by atoms with Crippen molar-refractivity contribution in [2.24, 2.45) is 0 Å². The number of carbonyl (C=O) groups is 1. The predicted molar refractivity (Wildman–Crippen MR) is 108 cm³/mol. The maximum Gasteiger partial charge on any atom is 0.328 e. The number of hydrogen-bond acceptors (Lipinski definition) is 4. The van der Waals surface area contributed by atoms with E-state index in [-0.39, 0.29) is 24.6 Å². The van der Waals surface area contributed by atoms with Gasteiger partial charge in [-0.2, -0.15) is 0 Å². The summed E-state index contributed by atoms with van der Waals surface area (Å²) in [5.41, 5.74) is 0.587. The minimum atomic E-state index is -0.499. The van der Waals surface area contributed by atoms with Gasteiger partial charge < -0.3 is 14.6 Å². The number of halogens is 1. The Bertz CT molecular complexity index is 1170. The van der Waals surface area contributed by atoms with Crippen molar-refractivity contribution in [3.63, 3.8) is 0 Å². The van der Waals surface area contributed by atoms with Gasteiger partial charge in [0.05, 0.1) is 18.0 Å². The quantitative estimate of drug-likeness (QED) is 0.712. The molecular formula is C20H20ClN3O4. The maximum atomic E-state index is 12.8. The molecule has 0 radical (unpaired) electrons. The molecule has 2 aromatic carbocycles. The van der Waals surface area contributed by atoms with Gasteiger partial charge in [-0.15, -0.1) is 0 Å². The molecular weight excluding hydrogens is 382 g/mol. The third-order valence-corrected chi connectivity index (χ3v) is 4.78. The molecule has 0 aliphatic carbocycles. The topological polar surface area (TPSA) is 84.4 Å². The molecule has 0 saturated heterocycles. The van der Waals surface area contributed by atoms with Crippen LogP contribution in [0.4, 0.5) is 0 Å². The number of rotatable bonds is 5. The van der Waals surface area contributed by atoms with Crippen LogP contribution in [0.15, 0.2) is 46.0 Å². The van der Waals surface area contributed by atoms with Crippen molar-refractivity contribution in [3.05, 3.63) is 73.4 Å². The zero-order chi connectivity index (χ0) is 20.4. The number of aromatic nitrogens is 2. The van der Waals surface area contributed by atoms with E-state index >= 15 is 0 Å². The van der Waals surface area contributed by atoms with Crippen LogP contribution in [0.1, 0.15) is 22.8 Å². The van der Waals surface area contributed by atoms with Crippen LogP contribution in [0, 0.1) is 0 Å². The van der Waals surface area contributed by atoms with Crippen LogP contribution in [-0.2, 0) is 13.1 Å². The van der Waals surface area contributed by atoms with E-state index in [1.165, 1.54) is 11.0 Å². The first-order valence-corrected chi connectivity index (χ1v) is 9.08. The second kappa shape index (κ2) is 7.90. The molecule has 1 aromatic heterocycles. The van der Waals surface area contributed by atoms with E-state index < -0.39 is 5.69 Å². The standard InChI is InChI=1S/C20H20ClN3O4/c1-4-24-19(26)15-7-5-12(10-16(15)22-20(24)27)18(25)23(2)11-13-9-14(21)6-8-17(13)28-3/h5-10H,4,11H2,1-3H3,(H,22,27). The average Bonchev–Trinajstić information content (AvgIpc) is 2.67. The summed E-state index contributed by atoms with van der Waals surface area (Å²) in [4.78, 5) is 41.4. The number of aromatic amines is 1. The van der Waals surface area contributed by atoms with E-state index in [0.717, 1.165) is 10.1 Å². The lowest BCUT2D eigenvalue weighted by molar-refractivity contribution is 0.0784. The summed E-state index contributed by atoms with van der Waals surface area (Å²) in [6.45, 7) is 2.28. The number of carbonyl (C=O) groups excluding carboxylic acids is 1. The number of H-pyrrole nitrogens is 1. The van der Waals surface area contributed by atoms with Gasteiger partial charge in [0.1, 0.15) is 5.75 Å². The molecule has 0 aliphatic heterocycles. The fourth-order valence-corrected chi connectivity index (χ4v) is 3.29. The van der Waals surface area contributed by atoms with Crippen molar-refractivity contribution in [2.75, 3.05) is 14.2 Å². The summed E-state index contributed by atoms with van der Waals surface area (Å²) in [5.74, 6) is 0.372. The molecule has 8 heteroatoms. The number of amides is 1. The molecule has 0 bridgehead atoms. The highest BCUT2D eigenvalue weighted by Gasteiger charge is 2.16. The summed E-state index contributed by atoms with van der Waals surface area (Å²) in [6, 6.07) is 9.86. The number of fused-ring (bicyclic) bond motifs is 1. The molecule has 3 rings (SSSR count). The number of nitrogens with one attached hydrogen (secondary N) is 1. The van der Waals surface area contributed by atoms with Gasteiger partial charge in [0.25, 0.3) is 11.5 Å². The zero-order valence-electron chi connectivity index (χ0n) is 15.8. The Morgan fingerprint density at radius 2 is 1.96 bits per heavy atom. The molecule has 0 fully saturated rings. The molecule has 1 N–H and O–H groups in total. The third-order valence-electron chi connectivity index (χ3n) is 4.54. The van der Waals surface area contributed by atoms with Gasteiger partial charge in [-0.25, -0.2) is 4.79 Å². The second-order valence-electron chi connectivity index (χ2n) is 6.36. The molecule has 1 amide bonds. The third kappa shape index (κ3) is 3.66. The van der Waals surface area contributed by atoms with E-state index in [1.807, 2.05) is 0 Å². The van der Waals surface area contributed by atoms with E-state index in [0.29, 0.717) is 27.2 Å². The van der Waals surface area contributed by atoms with Crippen LogP contribution in [0.25, 0.3) is 10.9 Å². The van der Waals surface area contributed by atoms with Crippen LogP contribution in [0.2, 0.25) is 5.02 Å². The number of hydrogen-bond donors (Lipinski definition) is 1. The summed E-state index contributed by atoms with van der Waals surface area (Å²) in [5, 5.41) is 0.907. The predicted octanol–water partition coefficient (Wildman–Crippen LogP) is 2.64. The van der Waals surface area contributed by atoms with Crippen LogP contribution >= 0.6 is 11.6 Å². The minimum absolute atomic E-state index is 0.260. The Labute approximate surface area is 166 Å². The van der Waals surface area contributed by atoms with Gasteiger partial charge in [-0.3, -0.25) is 14.2 Å². The molecule has 7 nitrogen and oxygen atoms in total. The SMILES string of the molecule is CCn1c(=O)[nH]c2cc(C(=O)N(C)Cc3cc(Cl)ccc3OC)ccc2c1=O. The summed E-state index contributed by atoms with van der Waals surface area (Å²) in [7, 11) is 3.21. The van der Waals surface area contributed by atoms with E-state index in [2.05, 4.69) is 4.98 Å². The van der Waals surface area contributed by atoms with E-state index in [1.54, 1.807) is 51.4 Å². The molecule has 0 unspecified atom stereocenters. The fourth-order valence-electron chi connectivity index (χ4n) is 3.09. The van der Waals surface area contributed by atoms with Crippen molar-refractivity contribution in [3.8, 4) is 5.75 Å². The average molecular weight is 402 g/mol. The normalized spacial score (nSPS) is 10.9. The molecule has 3 aromatic rings. The van der Waals surface area contributed by atoms with E-state index in [4.69, 9.17) is 16.3 Å². The summed E-state index contributed by atoms with van der Waals surface area (Å²) in [6.07, 6.45) is 0.